The molecule has 1 aliphatic heterocycles. The molecule has 1 aromatic rings. The third-order valence-electron chi connectivity index (χ3n) is 3.71. The van der Waals surface area contributed by atoms with Crippen molar-refractivity contribution in [1.29, 1.82) is 0 Å². The molecule has 3 N–H and O–H groups in total. The highest BCUT2D eigenvalue weighted by Crippen LogP contribution is 2.28. The van der Waals surface area contributed by atoms with Crippen LogP contribution < -0.4 is 10.6 Å². The van der Waals surface area contributed by atoms with Crippen molar-refractivity contribution in [3.8, 4) is 0 Å². The Bertz CT molecular complexity index is 504. The van der Waals surface area contributed by atoms with Crippen molar-refractivity contribution in [3.05, 3.63) is 22.9 Å². The summed E-state index contributed by atoms with van der Waals surface area (Å²) in [5, 5.41) is 10.0. The average molecular weight is 279 g/mol. The van der Waals surface area contributed by atoms with Crippen LogP contribution in [0.1, 0.15) is 36.6 Å². The first-order chi connectivity index (χ1) is 8.80. The summed E-state index contributed by atoms with van der Waals surface area (Å²) < 4.78 is 0. The van der Waals surface area contributed by atoms with E-state index in [0.29, 0.717) is 4.99 Å². The second kappa shape index (κ2) is 5.06. The first-order valence-corrected chi connectivity index (χ1v) is 6.96. The second-order valence-corrected chi connectivity index (χ2v) is 6.07. The Morgan fingerprint density at radius 2 is 2.00 bits per heavy atom. The van der Waals surface area contributed by atoms with Crippen molar-refractivity contribution in [2.75, 3.05) is 18.0 Å². The molecule has 4 nitrogen and oxygen atoms in total. The van der Waals surface area contributed by atoms with E-state index in [9.17, 15) is 5.11 Å². The summed E-state index contributed by atoms with van der Waals surface area (Å²) in [6, 6.07) is 2.00. The van der Waals surface area contributed by atoms with E-state index in [4.69, 9.17) is 18.0 Å². The standard InChI is InChI=1S/C14H21N3OS/c1-9-8-10(2)16-13(11(9)12(15)19)17-6-4-14(3,18)5-7-17/h8,18H,4-7H2,1-3H3,(H2,15,19). The maximum Gasteiger partial charge on any atom is 0.139 e. The number of nitrogens with zero attached hydrogens (tertiary/aromatic N) is 2. The zero-order valence-corrected chi connectivity index (χ0v) is 12.5. The maximum absolute atomic E-state index is 10.0. The predicted octanol–water partition coefficient (Wildman–Crippen LogP) is 1.68. The van der Waals surface area contributed by atoms with Gasteiger partial charge in [0.15, 0.2) is 0 Å². The summed E-state index contributed by atoms with van der Waals surface area (Å²) in [6.07, 6.45) is 1.47. The Morgan fingerprint density at radius 3 is 2.53 bits per heavy atom. The molecule has 2 rings (SSSR count). The van der Waals surface area contributed by atoms with Gasteiger partial charge >= 0.3 is 0 Å². The number of aryl methyl sites for hydroxylation is 2. The minimum atomic E-state index is -0.571. The fraction of sp³-hybridized carbons (Fsp3) is 0.571. The van der Waals surface area contributed by atoms with E-state index in [2.05, 4.69) is 9.88 Å². The molecule has 0 atom stereocenters. The SMILES string of the molecule is Cc1cc(C)c(C(N)=S)c(N2CCC(C)(O)CC2)n1. The third-order valence-corrected chi connectivity index (χ3v) is 3.92. The van der Waals surface area contributed by atoms with Gasteiger partial charge in [0.05, 0.1) is 11.2 Å². The number of piperidine rings is 1. The predicted molar refractivity (Wildman–Crippen MR) is 81.7 cm³/mol. The molecule has 1 fully saturated rings. The Balaban J connectivity index is 2.37. The number of rotatable bonds is 2. The molecule has 1 aliphatic rings. The van der Waals surface area contributed by atoms with Crippen LogP contribution in [-0.4, -0.2) is 33.8 Å². The van der Waals surface area contributed by atoms with Crippen LogP contribution in [0.15, 0.2) is 6.07 Å². The number of thiocarbonyl (C=S) groups is 1. The zero-order chi connectivity index (χ0) is 14.2. The van der Waals surface area contributed by atoms with E-state index in [-0.39, 0.29) is 0 Å². The number of hydrogen-bond acceptors (Lipinski definition) is 4. The van der Waals surface area contributed by atoms with Crippen LogP contribution in [0, 0.1) is 13.8 Å². The summed E-state index contributed by atoms with van der Waals surface area (Å²) in [6.45, 7) is 7.41. The average Bonchev–Trinajstić information content (AvgIpc) is 2.26. The van der Waals surface area contributed by atoms with Gasteiger partial charge in [-0.05, 0) is 45.2 Å². The van der Waals surface area contributed by atoms with Gasteiger partial charge in [0.2, 0.25) is 0 Å². The summed E-state index contributed by atoms with van der Waals surface area (Å²) in [5.41, 5.74) is 8.16. The Hall–Kier alpha value is -1.20. The highest BCUT2D eigenvalue weighted by molar-refractivity contribution is 7.80. The largest absolute Gasteiger partial charge is 0.390 e. The van der Waals surface area contributed by atoms with Crippen LogP contribution in [0.25, 0.3) is 0 Å². The van der Waals surface area contributed by atoms with Crippen molar-refractivity contribution in [3.63, 3.8) is 0 Å². The number of aromatic nitrogens is 1. The molecule has 0 unspecified atom stereocenters. The molecule has 5 heteroatoms. The summed E-state index contributed by atoms with van der Waals surface area (Å²) >= 11 is 5.16. The van der Waals surface area contributed by atoms with Crippen molar-refractivity contribution in [2.45, 2.75) is 39.2 Å². The number of hydrogen-bond donors (Lipinski definition) is 2. The first-order valence-electron chi connectivity index (χ1n) is 6.55. The summed E-state index contributed by atoms with van der Waals surface area (Å²) in [4.78, 5) is 7.16. The maximum atomic E-state index is 10.0. The quantitative estimate of drug-likeness (QED) is 0.807. The van der Waals surface area contributed by atoms with Crippen LogP contribution in [0.2, 0.25) is 0 Å². The van der Waals surface area contributed by atoms with Crippen molar-refractivity contribution in [1.82, 2.24) is 4.98 Å². The van der Waals surface area contributed by atoms with Gasteiger partial charge in [0.1, 0.15) is 10.8 Å². The Kier molecular flexibility index (Phi) is 3.78. The molecule has 0 spiro atoms. The smallest absolute Gasteiger partial charge is 0.139 e. The van der Waals surface area contributed by atoms with Gasteiger partial charge in [0.25, 0.3) is 0 Å². The number of aliphatic hydroxyl groups is 1. The van der Waals surface area contributed by atoms with Gasteiger partial charge in [-0.15, -0.1) is 0 Å². The number of anilines is 1. The lowest BCUT2D eigenvalue weighted by molar-refractivity contribution is 0.0350. The lowest BCUT2D eigenvalue weighted by Gasteiger charge is -2.37. The van der Waals surface area contributed by atoms with Crippen molar-refractivity contribution >= 4 is 23.0 Å². The highest BCUT2D eigenvalue weighted by atomic mass is 32.1. The fourth-order valence-electron chi connectivity index (χ4n) is 2.55. The molecule has 1 aromatic heterocycles. The summed E-state index contributed by atoms with van der Waals surface area (Å²) in [7, 11) is 0. The van der Waals surface area contributed by atoms with E-state index in [1.807, 2.05) is 26.8 Å². The molecular formula is C14H21N3OS. The molecule has 1 saturated heterocycles. The van der Waals surface area contributed by atoms with Gasteiger partial charge in [0, 0.05) is 18.8 Å². The van der Waals surface area contributed by atoms with Gasteiger partial charge in [-0.3, -0.25) is 0 Å². The lowest BCUT2D eigenvalue weighted by atomic mass is 9.93. The minimum Gasteiger partial charge on any atom is -0.390 e. The molecule has 0 aromatic carbocycles. The van der Waals surface area contributed by atoms with Gasteiger partial charge < -0.3 is 15.7 Å². The molecular weight excluding hydrogens is 258 g/mol. The lowest BCUT2D eigenvalue weighted by Crippen LogP contribution is -2.43. The molecule has 0 amide bonds. The van der Waals surface area contributed by atoms with Crippen LogP contribution >= 0.6 is 12.2 Å². The van der Waals surface area contributed by atoms with Crippen molar-refractivity contribution < 1.29 is 5.11 Å². The molecule has 0 saturated carbocycles. The molecule has 0 radical (unpaired) electrons. The third kappa shape index (κ3) is 3.04. The van der Waals surface area contributed by atoms with Gasteiger partial charge in [-0.2, -0.15) is 0 Å². The van der Waals surface area contributed by atoms with E-state index < -0.39 is 5.60 Å². The molecule has 19 heavy (non-hydrogen) atoms. The topological polar surface area (TPSA) is 62.4 Å². The van der Waals surface area contributed by atoms with Crippen LogP contribution in [0.4, 0.5) is 5.82 Å². The van der Waals surface area contributed by atoms with Gasteiger partial charge in [-0.25, -0.2) is 4.98 Å². The molecule has 104 valence electrons. The van der Waals surface area contributed by atoms with E-state index in [0.717, 1.165) is 48.6 Å². The molecule has 0 bridgehead atoms. The normalized spacial score (nSPS) is 18.4. The van der Waals surface area contributed by atoms with E-state index >= 15 is 0 Å². The van der Waals surface area contributed by atoms with E-state index in [1.54, 1.807) is 0 Å². The second-order valence-electron chi connectivity index (χ2n) is 5.63. The van der Waals surface area contributed by atoms with Crippen LogP contribution in [0.3, 0.4) is 0 Å². The zero-order valence-electron chi connectivity index (χ0n) is 11.7. The monoisotopic (exact) mass is 279 g/mol. The summed E-state index contributed by atoms with van der Waals surface area (Å²) in [5.74, 6) is 0.862. The van der Waals surface area contributed by atoms with Crippen molar-refractivity contribution in [2.24, 2.45) is 5.73 Å². The highest BCUT2D eigenvalue weighted by Gasteiger charge is 2.29. The van der Waals surface area contributed by atoms with Gasteiger partial charge in [-0.1, -0.05) is 12.2 Å². The van der Waals surface area contributed by atoms with Crippen LogP contribution in [-0.2, 0) is 0 Å². The molecule has 2 heterocycles. The fourth-order valence-corrected chi connectivity index (χ4v) is 2.80. The number of pyridine rings is 1. The minimum absolute atomic E-state index is 0.386. The number of nitrogens with two attached hydrogens (primary N) is 1. The van der Waals surface area contributed by atoms with E-state index in [1.165, 1.54) is 0 Å². The first kappa shape index (κ1) is 14.2. The Labute approximate surface area is 119 Å². The van der Waals surface area contributed by atoms with Crippen LogP contribution in [0.5, 0.6) is 0 Å². The molecule has 0 aliphatic carbocycles. The Morgan fingerprint density at radius 1 is 1.42 bits per heavy atom.